The van der Waals surface area contributed by atoms with E-state index in [9.17, 15) is 9.90 Å². The molecule has 5 rings (SSSR count). The maximum atomic E-state index is 13.1. The Morgan fingerprint density at radius 2 is 2.00 bits per heavy atom. The molecule has 4 aromatic rings. The predicted molar refractivity (Wildman–Crippen MR) is 120 cm³/mol. The first-order chi connectivity index (χ1) is 16.4. The van der Waals surface area contributed by atoms with Crippen molar-refractivity contribution in [3.63, 3.8) is 0 Å². The van der Waals surface area contributed by atoms with Crippen LogP contribution in [0.3, 0.4) is 0 Å². The quantitative estimate of drug-likeness (QED) is 0.422. The minimum Gasteiger partial charge on any atom is -0.491 e. The van der Waals surface area contributed by atoms with E-state index in [1.54, 1.807) is 31.2 Å². The Kier molecular flexibility index (Phi) is 5.58. The normalized spacial score (nSPS) is 13.3. The fraction of sp³-hybridized carbons (Fsp3) is 0.292. The van der Waals surface area contributed by atoms with Gasteiger partial charge in [-0.1, -0.05) is 5.16 Å². The second-order valence-electron chi connectivity index (χ2n) is 8.02. The molecule has 0 spiro atoms. The van der Waals surface area contributed by atoms with Gasteiger partial charge in [-0.2, -0.15) is 0 Å². The SMILES string of the molecule is Cc1cc(-c2cc(C(=O)NCC(O)COc3ccc4c(c3)OCO4)c3c(C)noc3n2)c(C)o1. The van der Waals surface area contributed by atoms with E-state index in [1.807, 2.05) is 19.9 Å². The maximum Gasteiger partial charge on any atom is 0.259 e. The number of rotatable bonds is 7. The molecule has 1 atom stereocenters. The lowest BCUT2D eigenvalue weighted by atomic mass is 10.1. The zero-order valence-corrected chi connectivity index (χ0v) is 18.9. The maximum absolute atomic E-state index is 13.1. The lowest BCUT2D eigenvalue weighted by Gasteiger charge is -2.14. The van der Waals surface area contributed by atoms with E-state index in [0.717, 1.165) is 11.3 Å². The van der Waals surface area contributed by atoms with Crippen molar-refractivity contribution in [2.45, 2.75) is 26.9 Å². The van der Waals surface area contributed by atoms with Gasteiger partial charge in [-0.05, 0) is 45.0 Å². The van der Waals surface area contributed by atoms with Crippen LogP contribution in [-0.4, -0.2) is 47.2 Å². The lowest BCUT2D eigenvalue weighted by Crippen LogP contribution is -2.35. The molecule has 2 N–H and O–H groups in total. The second kappa shape index (κ2) is 8.71. The molecule has 1 aromatic carbocycles. The van der Waals surface area contributed by atoms with E-state index >= 15 is 0 Å². The number of benzene rings is 1. The minimum absolute atomic E-state index is 0.0171. The van der Waals surface area contributed by atoms with Crippen LogP contribution in [0.15, 0.2) is 39.3 Å². The Bertz CT molecular complexity index is 1370. The summed E-state index contributed by atoms with van der Waals surface area (Å²) in [7, 11) is 0. The number of aliphatic hydroxyl groups is 1. The smallest absolute Gasteiger partial charge is 0.259 e. The number of fused-ring (bicyclic) bond motifs is 2. The third-order valence-corrected chi connectivity index (χ3v) is 5.46. The van der Waals surface area contributed by atoms with Crippen molar-refractivity contribution in [3.8, 4) is 28.5 Å². The summed E-state index contributed by atoms with van der Waals surface area (Å²) in [5.41, 5.74) is 2.45. The number of hydrogen-bond acceptors (Lipinski definition) is 9. The van der Waals surface area contributed by atoms with Crippen LogP contribution >= 0.6 is 0 Å². The van der Waals surface area contributed by atoms with Crippen molar-refractivity contribution in [1.82, 2.24) is 15.5 Å². The lowest BCUT2D eigenvalue weighted by molar-refractivity contribution is 0.0844. The van der Waals surface area contributed by atoms with Crippen LogP contribution in [0.1, 0.15) is 27.6 Å². The number of aryl methyl sites for hydroxylation is 3. The highest BCUT2D eigenvalue weighted by molar-refractivity contribution is 6.07. The number of aliphatic hydroxyl groups excluding tert-OH is 1. The first kappa shape index (κ1) is 21.8. The summed E-state index contributed by atoms with van der Waals surface area (Å²) in [4.78, 5) is 17.6. The molecule has 1 aliphatic rings. The number of ether oxygens (including phenoxy) is 3. The summed E-state index contributed by atoms with van der Waals surface area (Å²) in [6.07, 6.45) is -0.937. The van der Waals surface area contributed by atoms with E-state index in [0.29, 0.717) is 45.3 Å². The van der Waals surface area contributed by atoms with Crippen molar-refractivity contribution in [1.29, 1.82) is 0 Å². The summed E-state index contributed by atoms with van der Waals surface area (Å²) in [6, 6.07) is 8.68. The first-order valence-electron chi connectivity index (χ1n) is 10.7. The molecule has 1 aliphatic heterocycles. The van der Waals surface area contributed by atoms with Crippen LogP contribution in [0.5, 0.6) is 17.2 Å². The number of aromatic nitrogens is 2. The van der Waals surface area contributed by atoms with Crippen molar-refractivity contribution >= 4 is 17.0 Å². The molecule has 1 amide bonds. The van der Waals surface area contributed by atoms with E-state index in [2.05, 4.69) is 15.5 Å². The van der Waals surface area contributed by atoms with Gasteiger partial charge in [0, 0.05) is 18.2 Å². The molecular weight excluding hydrogens is 442 g/mol. The first-order valence-corrected chi connectivity index (χ1v) is 10.7. The van der Waals surface area contributed by atoms with Crippen molar-refractivity contribution in [2.24, 2.45) is 0 Å². The third kappa shape index (κ3) is 4.15. The number of amides is 1. The molecule has 34 heavy (non-hydrogen) atoms. The van der Waals surface area contributed by atoms with Crippen LogP contribution in [0.2, 0.25) is 0 Å². The Balaban J connectivity index is 1.29. The molecule has 4 heterocycles. The molecular formula is C24H23N3O7. The van der Waals surface area contributed by atoms with Gasteiger partial charge in [-0.25, -0.2) is 4.98 Å². The van der Waals surface area contributed by atoms with Gasteiger partial charge >= 0.3 is 0 Å². The molecule has 3 aromatic heterocycles. The van der Waals surface area contributed by atoms with Gasteiger partial charge in [-0.15, -0.1) is 0 Å². The van der Waals surface area contributed by atoms with Gasteiger partial charge in [0.2, 0.25) is 6.79 Å². The van der Waals surface area contributed by atoms with Gasteiger partial charge in [0.05, 0.1) is 22.3 Å². The summed E-state index contributed by atoms with van der Waals surface area (Å²) in [6.45, 7) is 5.55. The van der Waals surface area contributed by atoms with Crippen LogP contribution < -0.4 is 19.5 Å². The van der Waals surface area contributed by atoms with Crippen LogP contribution in [0.25, 0.3) is 22.4 Å². The molecule has 10 heteroatoms. The van der Waals surface area contributed by atoms with Crippen LogP contribution in [0.4, 0.5) is 0 Å². The molecule has 0 aliphatic carbocycles. The number of nitrogens with one attached hydrogen (secondary N) is 1. The molecule has 0 bridgehead atoms. The fourth-order valence-electron chi connectivity index (χ4n) is 3.82. The standard InChI is InChI=1S/C24H23N3O7/c1-12-6-17(14(3)33-12)19-8-18(22-13(2)27-34-24(22)26-19)23(29)25-9-15(28)10-30-16-4-5-20-21(7-16)32-11-31-20/h4-8,15,28H,9-11H2,1-3H3,(H,25,29). The molecule has 0 radical (unpaired) electrons. The number of hydrogen-bond donors (Lipinski definition) is 2. The highest BCUT2D eigenvalue weighted by Crippen LogP contribution is 2.35. The summed E-state index contributed by atoms with van der Waals surface area (Å²) >= 11 is 0. The van der Waals surface area contributed by atoms with Crippen molar-refractivity contribution in [2.75, 3.05) is 19.9 Å². The number of nitrogens with zero attached hydrogens (tertiary/aromatic N) is 2. The Hall–Kier alpha value is -4.05. The Morgan fingerprint density at radius 1 is 1.18 bits per heavy atom. The predicted octanol–water partition coefficient (Wildman–Crippen LogP) is 3.31. The summed E-state index contributed by atoms with van der Waals surface area (Å²) in [5, 5.41) is 17.6. The van der Waals surface area contributed by atoms with Crippen molar-refractivity contribution in [3.05, 3.63) is 53.1 Å². The fourth-order valence-corrected chi connectivity index (χ4v) is 3.82. The van der Waals surface area contributed by atoms with E-state index in [1.165, 1.54) is 0 Å². The minimum atomic E-state index is -0.937. The zero-order chi connectivity index (χ0) is 23.8. The average molecular weight is 465 g/mol. The molecule has 0 fully saturated rings. The number of furan rings is 1. The Labute approximate surface area is 194 Å². The van der Waals surface area contributed by atoms with E-state index in [4.69, 9.17) is 23.2 Å². The second-order valence-corrected chi connectivity index (χ2v) is 8.02. The third-order valence-electron chi connectivity index (χ3n) is 5.46. The summed E-state index contributed by atoms with van der Waals surface area (Å²) < 4.78 is 27.1. The Morgan fingerprint density at radius 3 is 2.79 bits per heavy atom. The van der Waals surface area contributed by atoms with Crippen LogP contribution in [-0.2, 0) is 0 Å². The summed E-state index contributed by atoms with van der Waals surface area (Å²) in [5.74, 6) is 2.79. The van der Waals surface area contributed by atoms with Crippen molar-refractivity contribution < 1.29 is 33.1 Å². The molecule has 0 saturated heterocycles. The largest absolute Gasteiger partial charge is 0.491 e. The zero-order valence-electron chi connectivity index (χ0n) is 18.9. The topological polar surface area (TPSA) is 129 Å². The van der Waals surface area contributed by atoms with Crippen LogP contribution in [0, 0.1) is 20.8 Å². The number of carbonyl (C=O) groups is 1. The van der Waals surface area contributed by atoms with E-state index in [-0.39, 0.29) is 31.6 Å². The number of pyridine rings is 1. The van der Waals surface area contributed by atoms with Gasteiger partial charge in [0.1, 0.15) is 30.0 Å². The van der Waals surface area contributed by atoms with Gasteiger partial charge in [0.15, 0.2) is 11.5 Å². The van der Waals surface area contributed by atoms with Gasteiger partial charge < -0.3 is 33.6 Å². The highest BCUT2D eigenvalue weighted by atomic mass is 16.7. The van der Waals surface area contributed by atoms with Gasteiger partial charge in [-0.3, -0.25) is 4.79 Å². The number of carbonyl (C=O) groups excluding carboxylic acids is 1. The molecule has 10 nitrogen and oxygen atoms in total. The molecule has 1 unspecified atom stereocenters. The van der Waals surface area contributed by atoms with Gasteiger partial charge in [0.25, 0.3) is 11.6 Å². The van der Waals surface area contributed by atoms with E-state index < -0.39 is 6.10 Å². The monoisotopic (exact) mass is 465 g/mol. The highest BCUT2D eigenvalue weighted by Gasteiger charge is 2.22. The molecule has 0 saturated carbocycles. The average Bonchev–Trinajstić information content (AvgIpc) is 3.53. The molecule has 176 valence electrons.